The van der Waals surface area contributed by atoms with Crippen molar-refractivity contribution in [3.8, 4) is 0 Å². The molecule has 1 aliphatic heterocycles. The quantitative estimate of drug-likeness (QED) is 0.906. The van der Waals surface area contributed by atoms with E-state index in [1.165, 1.54) is 11.9 Å². The number of hydrogen-bond acceptors (Lipinski definition) is 3. The molecule has 2 heterocycles. The Hall–Kier alpha value is -2.12. The highest BCUT2D eigenvalue weighted by atomic mass is 19.4. The number of aromatic nitrogens is 1. The highest BCUT2D eigenvalue weighted by molar-refractivity contribution is 5.97. The summed E-state index contributed by atoms with van der Waals surface area (Å²) in [5.41, 5.74) is -1.01. The first-order valence-electron chi connectivity index (χ1n) is 6.90. The second kappa shape index (κ2) is 6.33. The van der Waals surface area contributed by atoms with Gasteiger partial charge in [0.25, 0.3) is 5.91 Å². The zero-order valence-electron chi connectivity index (χ0n) is 12.0. The summed E-state index contributed by atoms with van der Waals surface area (Å²) in [4.78, 5) is 28.9. The van der Waals surface area contributed by atoms with Gasteiger partial charge in [0, 0.05) is 19.8 Å². The van der Waals surface area contributed by atoms with E-state index < -0.39 is 23.8 Å². The number of nitrogens with zero attached hydrogens (tertiary/aromatic N) is 2. The first-order valence-corrected chi connectivity index (χ1v) is 6.90. The topological polar surface area (TPSA) is 62.3 Å². The van der Waals surface area contributed by atoms with Crippen molar-refractivity contribution >= 4 is 11.8 Å². The zero-order chi connectivity index (χ0) is 16.3. The van der Waals surface area contributed by atoms with Crippen molar-refractivity contribution in [2.24, 2.45) is 0 Å². The fourth-order valence-corrected chi connectivity index (χ4v) is 2.47. The largest absolute Gasteiger partial charge is 0.433 e. The lowest BCUT2D eigenvalue weighted by atomic mass is 10.0. The van der Waals surface area contributed by atoms with E-state index in [2.05, 4.69) is 10.3 Å². The fraction of sp³-hybridized carbons (Fsp3) is 0.500. The fourth-order valence-electron chi connectivity index (χ4n) is 2.47. The molecule has 2 amide bonds. The number of pyridine rings is 1. The van der Waals surface area contributed by atoms with Gasteiger partial charge in [-0.05, 0) is 31.4 Å². The van der Waals surface area contributed by atoms with Crippen LogP contribution >= 0.6 is 0 Å². The van der Waals surface area contributed by atoms with Crippen LogP contribution in [0, 0.1) is 0 Å². The van der Waals surface area contributed by atoms with Crippen molar-refractivity contribution in [3.63, 3.8) is 0 Å². The minimum Gasteiger partial charge on any atom is -0.357 e. The Morgan fingerprint density at radius 3 is 2.59 bits per heavy atom. The van der Waals surface area contributed by atoms with Crippen molar-refractivity contribution in [1.82, 2.24) is 15.2 Å². The molecule has 1 N–H and O–H groups in total. The SMILES string of the molecule is CNC(=O)[C@H]1CCCCN1C(=O)c1ccc(C(F)(F)F)nc1. The van der Waals surface area contributed by atoms with Crippen LogP contribution in [0.25, 0.3) is 0 Å². The van der Waals surface area contributed by atoms with Gasteiger partial charge in [-0.1, -0.05) is 0 Å². The molecule has 1 aromatic heterocycles. The van der Waals surface area contributed by atoms with Crippen LogP contribution in [-0.2, 0) is 11.0 Å². The van der Waals surface area contributed by atoms with E-state index in [4.69, 9.17) is 0 Å². The average Bonchev–Trinajstić information content (AvgIpc) is 2.52. The van der Waals surface area contributed by atoms with Crippen LogP contribution in [0.2, 0.25) is 0 Å². The molecule has 5 nitrogen and oxygen atoms in total. The van der Waals surface area contributed by atoms with Gasteiger partial charge in [0.1, 0.15) is 11.7 Å². The maximum Gasteiger partial charge on any atom is 0.433 e. The summed E-state index contributed by atoms with van der Waals surface area (Å²) >= 11 is 0. The van der Waals surface area contributed by atoms with Crippen molar-refractivity contribution in [3.05, 3.63) is 29.6 Å². The van der Waals surface area contributed by atoms with Crippen LogP contribution in [-0.4, -0.2) is 41.3 Å². The van der Waals surface area contributed by atoms with E-state index in [1.54, 1.807) is 0 Å². The predicted octanol–water partition coefficient (Wildman–Crippen LogP) is 1.84. The maximum absolute atomic E-state index is 12.5. The van der Waals surface area contributed by atoms with Crippen LogP contribution in [0.1, 0.15) is 35.3 Å². The van der Waals surface area contributed by atoms with Crippen molar-refractivity contribution in [2.75, 3.05) is 13.6 Å². The third-order valence-corrected chi connectivity index (χ3v) is 3.61. The second-order valence-electron chi connectivity index (χ2n) is 5.05. The molecular weight excluding hydrogens is 299 g/mol. The van der Waals surface area contributed by atoms with Crippen LogP contribution < -0.4 is 5.32 Å². The normalized spacial score (nSPS) is 18.9. The van der Waals surface area contributed by atoms with Crippen LogP contribution in [0.4, 0.5) is 13.2 Å². The van der Waals surface area contributed by atoms with Crippen molar-refractivity contribution in [2.45, 2.75) is 31.5 Å². The Bertz CT molecular complexity index is 557. The lowest BCUT2D eigenvalue weighted by Gasteiger charge is -2.34. The molecule has 1 aromatic rings. The van der Waals surface area contributed by atoms with Gasteiger partial charge in [-0.15, -0.1) is 0 Å². The molecule has 2 rings (SSSR count). The molecule has 0 bridgehead atoms. The van der Waals surface area contributed by atoms with Crippen LogP contribution in [0.3, 0.4) is 0 Å². The number of carbonyl (C=O) groups is 2. The van der Waals surface area contributed by atoms with Gasteiger partial charge < -0.3 is 10.2 Å². The summed E-state index contributed by atoms with van der Waals surface area (Å²) in [5.74, 6) is -0.748. The number of carbonyl (C=O) groups excluding carboxylic acids is 2. The number of likely N-dealkylation sites (tertiary alicyclic amines) is 1. The molecule has 0 aromatic carbocycles. The van der Waals surface area contributed by atoms with E-state index >= 15 is 0 Å². The van der Waals surface area contributed by atoms with E-state index in [0.717, 1.165) is 31.2 Å². The average molecular weight is 315 g/mol. The lowest BCUT2D eigenvalue weighted by molar-refractivity contribution is -0.141. The second-order valence-corrected chi connectivity index (χ2v) is 5.05. The van der Waals surface area contributed by atoms with Gasteiger partial charge in [-0.3, -0.25) is 14.6 Å². The number of rotatable bonds is 2. The first kappa shape index (κ1) is 16.3. The van der Waals surface area contributed by atoms with Crippen LogP contribution in [0.15, 0.2) is 18.3 Å². The molecule has 120 valence electrons. The Kier molecular flexibility index (Phi) is 4.68. The zero-order valence-corrected chi connectivity index (χ0v) is 12.0. The van der Waals surface area contributed by atoms with Crippen LogP contribution in [0.5, 0.6) is 0 Å². The summed E-state index contributed by atoms with van der Waals surface area (Å²) in [6.45, 7) is 0.401. The van der Waals surface area contributed by atoms with E-state index in [-0.39, 0.29) is 11.5 Å². The molecule has 1 saturated heterocycles. The minimum atomic E-state index is -4.54. The smallest absolute Gasteiger partial charge is 0.357 e. The Labute approximate surface area is 125 Å². The monoisotopic (exact) mass is 315 g/mol. The molecule has 0 radical (unpaired) electrons. The number of nitrogens with one attached hydrogen (secondary N) is 1. The molecular formula is C14H16F3N3O2. The third-order valence-electron chi connectivity index (χ3n) is 3.61. The number of hydrogen-bond donors (Lipinski definition) is 1. The number of amides is 2. The molecule has 0 saturated carbocycles. The van der Waals surface area contributed by atoms with Gasteiger partial charge >= 0.3 is 6.18 Å². The number of piperidine rings is 1. The van der Waals surface area contributed by atoms with E-state index in [0.29, 0.717) is 13.0 Å². The molecule has 1 atom stereocenters. The lowest BCUT2D eigenvalue weighted by Crippen LogP contribution is -2.51. The molecule has 1 fully saturated rings. The molecule has 8 heteroatoms. The highest BCUT2D eigenvalue weighted by Crippen LogP contribution is 2.27. The predicted molar refractivity (Wildman–Crippen MR) is 72.0 cm³/mol. The number of alkyl halides is 3. The van der Waals surface area contributed by atoms with E-state index in [9.17, 15) is 22.8 Å². The summed E-state index contributed by atoms with van der Waals surface area (Å²) in [7, 11) is 1.49. The van der Waals surface area contributed by atoms with Gasteiger partial charge in [-0.25, -0.2) is 0 Å². The third kappa shape index (κ3) is 3.37. The summed E-state index contributed by atoms with van der Waals surface area (Å²) in [6.07, 6.45) is -1.52. The van der Waals surface area contributed by atoms with Gasteiger partial charge in [-0.2, -0.15) is 13.2 Å². The van der Waals surface area contributed by atoms with Crippen molar-refractivity contribution in [1.29, 1.82) is 0 Å². The number of halogens is 3. The standard InChI is InChI=1S/C14H16F3N3O2/c1-18-12(21)10-4-2-3-7-20(10)13(22)9-5-6-11(19-8-9)14(15,16)17/h5-6,8,10H,2-4,7H2,1H3,(H,18,21)/t10-/m1/s1. The first-order chi connectivity index (χ1) is 10.3. The maximum atomic E-state index is 12.5. The Balaban J connectivity index is 2.20. The minimum absolute atomic E-state index is 0.0452. The summed E-state index contributed by atoms with van der Waals surface area (Å²) in [6, 6.07) is 1.27. The molecule has 22 heavy (non-hydrogen) atoms. The molecule has 1 aliphatic rings. The molecule has 0 spiro atoms. The Morgan fingerprint density at radius 2 is 2.05 bits per heavy atom. The summed E-state index contributed by atoms with van der Waals surface area (Å²) < 4.78 is 37.4. The van der Waals surface area contributed by atoms with Gasteiger partial charge in [0.2, 0.25) is 5.91 Å². The highest BCUT2D eigenvalue weighted by Gasteiger charge is 2.34. The van der Waals surface area contributed by atoms with Gasteiger partial charge in [0.05, 0.1) is 5.56 Å². The van der Waals surface area contributed by atoms with Gasteiger partial charge in [0.15, 0.2) is 0 Å². The molecule has 0 unspecified atom stereocenters. The molecule has 0 aliphatic carbocycles. The summed E-state index contributed by atoms with van der Waals surface area (Å²) in [5, 5.41) is 2.50. The van der Waals surface area contributed by atoms with E-state index in [1.807, 2.05) is 0 Å². The Morgan fingerprint density at radius 1 is 1.32 bits per heavy atom. The van der Waals surface area contributed by atoms with Crippen molar-refractivity contribution < 1.29 is 22.8 Å². The number of likely N-dealkylation sites (N-methyl/N-ethyl adjacent to an activating group) is 1.